The molecule has 0 radical (unpaired) electrons. The highest BCUT2D eigenvalue weighted by molar-refractivity contribution is 5.83. The van der Waals surface area contributed by atoms with Crippen LogP contribution in [-0.2, 0) is 4.79 Å². The van der Waals surface area contributed by atoms with E-state index in [1.54, 1.807) is 4.90 Å². The Morgan fingerprint density at radius 2 is 2.20 bits per heavy atom. The molecule has 4 heteroatoms. The number of rotatable bonds is 2. The number of amides is 1. The normalized spacial score (nSPS) is 24.3. The van der Waals surface area contributed by atoms with Crippen LogP contribution in [0, 0.1) is 5.41 Å². The Bertz CT molecular complexity index is 235. The van der Waals surface area contributed by atoms with Gasteiger partial charge in [0.1, 0.15) is 0 Å². The molecule has 15 heavy (non-hydrogen) atoms. The predicted octanol–water partition coefficient (Wildman–Crippen LogP) is 0.343. The maximum atomic E-state index is 12.1. The van der Waals surface area contributed by atoms with Crippen molar-refractivity contribution in [2.75, 3.05) is 13.2 Å². The van der Waals surface area contributed by atoms with Crippen molar-refractivity contribution in [2.45, 2.75) is 45.7 Å². The van der Waals surface area contributed by atoms with E-state index in [2.05, 4.69) is 0 Å². The van der Waals surface area contributed by atoms with Gasteiger partial charge in [-0.3, -0.25) is 4.79 Å². The van der Waals surface area contributed by atoms with Crippen molar-refractivity contribution >= 4 is 5.91 Å². The predicted molar refractivity (Wildman–Crippen MR) is 59.3 cm³/mol. The Labute approximate surface area is 91.4 Å². The summed E-state index contributed by atoms with van der Waals surface area (Å²) in [7, 11) is 0. The molecular weight excluding hydrogens is 192 g/mol. The first-order valence-electron chi connectivity index (χ1n) is 5.55. The SMILES string of the molecule is CC(C)(C)[C@H](N)C(=O)N1CCC[C@@H]1CO. The molecule has 1 heterocycles. The van der Waals surface area contributed by atoms with Gasteiger partial charge in [-0.25, -0.2) is 0 Å². The van der Waals surface area contributed by atoms with Crippen LogP contribution in [-0.4, -0.2) is 41.1 Å². The lowest BCUT2D eigenvalue weighted by atomic mass is 9.86. The third-order valence-corrected chi connectivity index (χ3v) is 3.07. The molecule has 4 nitrogen and oxygen atoms in total. The van der Waals surface area contributed by atoms with Crippen LogP contribution in [0.2, 0.25) is 0 Å². The fourth-order valence-electron chi connectivity index (χ4n) is 1.86. The van der Waals surface area contributed by atoms with E-state index in [0.29, 0.717) is 0 Å². The molecule has 0 saturated carbocycles. The largest absolute Gasteiger partial charge is 0.394 e. The highest BCUT2D eigenvalue weighted by atomic mass is 16.3. The summed E-state index contributed by atoms with van der Waals surface area (Å²) in [6, 6.07) is -0.504. The minimum absolute atomic E-state index is 0.0223. The molecule has 1 rings (SSSR count). The average Bonchev–Trinajstić information content (AvgIpc) is 2.61. The van der Waals surface area contributed by atoms with Crippen LogP contribution in [0.25, 0.3) is 0 Å². The van der Waals surface area contributed by atoms with Gasteiger partial charge in [0, 0.05) is 6.54 Å². The number of nitrogens with two attached hydrogens (primary N) is 1. The molecule has 0 aliphatic carbocycles. The zero-order valence-corrected chi connectivity index (χ0v) is 9.86. The van der Waals surface area contributed by atoms with E-state index < -0.39 is 6.04 Å². The third kappa shape index (κ3) is 2.69. The van der Waals surface area contributed by atoms with Crippen molar-refractivity contribution in [3.05, 3.63) is 0 Å². The van der Waals surface area contributed by atoms with Gasteiger partial charge in [-0.1, -0.05) is 20.8 Å². The van der Waals surface area contributed by atoms with Gasteiger partial charge >= 0.3 is 0 Å². The topological polar surface area (TPSA) is 66.6 Å². The van der Waals surface area contributed by atoms with Gasteiger partial charge in [0.25, 0.3) is 0 Å². The van der Waals surface area contributed by atoms with Crippen LogP contribution < -0.4 is 5.73 Å². The number of aliphatic hydroxyl groups is 1. The van der Waals surface area contributed by atoms with E-state index >= 15 is 0 Å². The first-order valence-corrected chi connectivity index (χ1v) is 5.55. The van der Waals surface area contributed by atoms with E-state index in [1.807, 2.05) is 20.8 Å². The van der Waals surface area contributed by atoms with Crippen LogP contribution >= 0.6 is 0 Å². The Hall–Kier alpha value is -0.610. The maximum absolute atomic E-state index is 12.1. The molecule has 3 N–H and O–H groups in total. The molecule has 0 aromatic rings. The molecule has 0 unspecified atom stereocenters. The lowest BCUT2D eigenvalue weighted by molar-refractivity contribution is -0.136. The second kappa shape index (κ2) is 4.49. The Kier molecular flexibility index (Phi) is 3.73. The molecule has 1 aliphatic heterocycles. The zero-order valence-electron chi connectivity index (χ0n) is 9.86. The van der Waals surface area contributed by atoms with E-state index in [9.17, 15) is 4.79 Å². The van der Waals surface area contributed by atoms with Crippen LogP contribution in [0.4, 0.5) is 0 Å². The van der Waals surface area contributed by atoms with Crippen molar-refractivity contribution < 1.29 is 9.90 Å². The van der Waals surface area contributed by atoms with Gasteiger partial charge in [-0.15, -0.1) is 0 Å². The third-order valence-electron chi connectivity index (χ3n) is 3.07. The van der Waals surface area contributed by atoms with Gasteiger partial charge in [-0.2, -0.15) is 0 Å². The summed E-state index contributed by atoms with van der Waals surface area (Å²) in [6.45, 7) is 6.65. The van der Waals surface area contributed by atoms with Crippen LogP contribution in [0.1, 0.15) is 33.6 Å². The average molecular weight is 214 g/mol. The van der Waals surface area contributed by atoms with Crippen LogP contribution in [0.5, 0.6) is 0 Å². The molecule has 1 saturated heterocycles. The minimum Gasteiger partial charge on any atom is -0.394 e. The van der Waals surface area contributed by atoms with Gasteiger partial charge in [0.2, 0.25) is 5.91 Å². The quantitative estimate of drug-likeness (QED) is 0.696. The van der Waals surface area contributed by atoms with Crippen LogP contribution in [0.3, 0.4) is 0 Å². The first-order chi connectivity index (χ1) is 6.88. The van der Waals surface area contributed by atoms with Gasteiger partial charge in [-0.05, 0) is 18.3 Å². The monoisotopic (exact) mass is 214 g/mol. The molecule has 1 aliphatic rings. The Morgan fingerprint density at radius 1 is 1.60 bits per heavy atom. The zero-order chi connectivity index (χ0) is 11.6. The van der Waals surface area contributed by atoms with Crippen LogP contribution in [0.15, 0.2) is 0 Å². The number of hydrogen-bond donors (Lipinski definition) is 2. The molecular formula is C11H22N2O2. The molecule has 0 aromatic carbocycles. The van der Waals surface area contributed by atoms with Gasteiger partial charge in [0.05, 0.1) is 18.7 Å². The van der Waals surface area contributed by atoms with Crippen molar-refractivity contribution in [2.24, 2.45) is 11.1 Å². The standard InChI is InChI=1S/C11H22N2O2/c1-11(2,3)9(12)10(15)13-6-4-5-8(13)7-14/h8-9,14H,4-7,12H2,1-3H3/t8-,9-/m1/s1. The second-order valence-corrected chi connectivity index (χ2v) is 5.35. The number of aliphatic hydroxyl groups excluding tert-OH is 1. The maximum Gasteiger partial charge on any atom is 0.240 e. The summed E-state index contributed by atoms with van der Waals surface area (Å²) in [5.74, 6) is -0.0287. The summed E-state index contributed by atoms with van der Waals surface area (Å²) in [4.78, 5) is 13.8. The summed E-state index contributed by atoms with van der Waals surface area (Å²) < 4.78 is 0. The summed E-state index contributed by atoms with van der Waals surface area (Å²) >= 11 is 0. The van der Waals surface area contributed by atoms with Crippen molar-refractivity contribution in [1.82, 2.24) is 4.90 Å². The second-order valence-electron chi connectivity index (χ2n) is 5.35. The molecule has 0 bridgehead atoms. The van der Waals surface area contributed by atoms with Crippen molar-refractivity contribution in [3.63, 3.8) is 0 Å². The Morgan fingerprint density at radius 3 is 2.67 bits per heavy atom. The molecule has 88 valence electrons. The minimum atomic E-state index is -0.482. The smallest absolute Gasteiger partial charge is 0.240 e. The number of hydrogen-bond acceptors (Lipinski definition) is 3. The molecule has 2 atom stereocenters. The van der Waals surface area contributed by atoms with E-state index in [1.165, 1.54) is 0 Å². The van der Waals surface area contributed by atoms with Crippen molar-refractivity contribution in [1.29, 1.82) is 0 Å². The lowest BCUT2D eigenvalue weighted by Crippen LogP contribution is -2.52. The molecule has 1 amide bonds. The fraction of sp³-hybridized carbons (Fsp3) is 0.909. The van der Waals surface area contributed by atoms with Gasteiger partial charge < -0.3 is 15.7 Å². The molecule has 0 aromatic heterocycles. The van der Waals surface area contributed by atoms with E-state index in [-0.39, 0.29) is 24.0 Å². The molecule has 0 spiro atoms. The first kappa shape index (κ1) is 12.5. The number of carbonyl (C=O) groups is 1. The summed E-state index contributed by atoms with van der Waals surface area (Å²) in [6.07, 6.45) is 1.85. The number of carbonyl (C=O) groups excluding carboxylic acids is 1. The highest BCUT2D eigenvalue weighted by Crippen LogP contribution is 2.23. The number of likely N-dealkylation sites (tertiary alicyclic amines) is 1. The highest BCUT2D eigenvalue weighted by Gasteiger charge is 2.35. The van der Waals surface area contributed by atoms with E-state index in [4.69, 9.17) is 10.8 Å². The number of nitrogens with zero attached hydrogens (tertiary/aromatic N) is 1. The summed E-state index contributed by atoms with van der Waals surface area (Å²) in [5.41, 5.74) is 5.70. The lowest BCUT2D eigenvalue weighted by Gasteiger charge is -2.32. The summed E-state index contributed by atoms with van der Waals surface area (Å²) in [5, 5.41) is 9.14. The molecule has 1 fully saturated rings. The Balaban J connectivity index is 2.68. The van der Waals surface area contributed by atoms with E-state index in [0.717, 1.165) is 19.4 Å². The van der Waals surface area contributed by atoms with Crippen molar-refractivity contribution in [3.8, 4) is 0 Å². The fourth-order valence-corrected chi connectivity index (χ4v) is 1.86. The van der Waals surface area contributed by atoms with Gasteiger partial charge in [0.15, 0.2) is 0 Å².